The fraction of sp³-hybridized carbons (Fsp3) is 0.182. The number of carbonyl (C=O) groups is 2. The second-order valence-corrected chi connectivity index (χ2v) is 6.24. The van der Waals surface area contributed by atoms with E-state index in [0.29, 0.717) is 12.3 Å². The maximum absolute atomic E-state index is 13.0. The van der Waals surface area contributed by atoms with Crippen molar-refractivity contribution in [2.24, 2.45) is 0 Å². The molecule has 0 radical (unpaired) electrons. The molecule has 0 unspecified atom stereocenters. The van der Waals surface area contributed by atoms with Crippen LogP contribution >= 0.6 is 0 Å². The van der Waals surface area contributed by atoms with E-state index in [0.717, 1.165) is 11.1 Å². The predicted molar refractivity (Wildman–Crippen MR) is 102 cm³/mol. The molecule has 0 saturated heterocycles. The summed E-state index contributed by atoms with van der Waals surface area (Å²) in [5.41, 5.74) is 1.73. The molecule has 5 heteroatoms. The number of benzene rings is 2. The van der Waals surface area contributed by atoms with Crippen LogP contribution in [0.1, 0.15) is 29.9 Å². The van der Waals surface area contributed by atoms with Crippen molar-refractivity contribution in [3.8, 4) is 0 Å². The van der Waals surface area contributed by atoms with E-state index < -0.39 is 6.04 Å². The maximum Gasteiger partial charge on any atom is 0.247 e. The van der Waals surface area contributed by atoms with Gasteiger partial charge in [-0.2, -0.15) is 0 Å². The standard InChI is InChI=1S/C22H22N2O3/c1-17(25)24(16-18-9-4-2-5-10-18)21(19-11-6-3-7-12-19)22(26)23-15-20-13-8-14-27-20/h2-14,21H,15-16H2,1H3,(H,23,26)/t21-/m1/s1. The zero-order valence-corrected chi connectivity index (χ0v) is 15.2. The van der Waals surface area contributed by atoms with E-state index >= 15 is 0 Å². The second-order valence-electron chi connectivity index (χ2n) is 6.24. The molecule has 2 aromatic carbocycles. The third-order valence-corrected chi connectivity index (χ3v) is 4.29. The van der Waals surface area contributed by atoms with Crippen molar-refractivity contribution in [1.29, 1.82) is 0 Å². The summed E-state index contributed by atoms with van der Waals surface area (Å²) in [6.45, 7) is 2.11. The Morgan fingerprint density at radius 3 is 2.22 bits per heavy atom. The Balaban J connectivity index is 1.87. The normalized spacial score (nSPS) is 11.6. The molecular weight excluding hydrogens is 340 g/mol. The Bertz CT molecular complexity index is 861. The predicted octanol–water partition coefficient (Wildman–Crippen LogP) is 3.69. The quantitative estimate of drug-likeness (QED) is 0.697. The summed E-state index contributed by atoms with van der Waals surface area (Å²) in [6.07, 6.45) is 1.56. The van der Waals surface area contributed by atoms with Gasteiger partial charge < -0.3 is 14.6 Å². The molecule has 1 atom stereocenters. The molecule has 0 spiro atoms. The Labute approximate surface area is 158 Å². The Hall–Kier alpha value is -3.34. The van der Waals surface area contributed by atoms with Gasteiger partial charge >= 0.3 is 0 Å². The van der Waals surface area contributed by atoms with Gasteiger partial charge in [0.05, 0.1) is 12.8 Å². The minimum atomic E-state index is -0.723. The van der Waals surface area contributed by atoms with Gasteiger partial charge in [0.1, 0.15) is 11.8 Å². The number of nitrogens with zero attached hydrogens (tertiary/aromatic N) is 1. The van der Waals surface area contributed by atoms with E-state index in [4.69, 9.17) is 4.42 Å². The summed E-state index contributed by atoms with van der Waals surface area (Å²) < 4.78 is 5.28. The highest BCUT2D eigenvalue weighted by molar-refractivity contribution is 5.88. The van der Waals surface area contributed by atoms with Crippen molar-refractivity contribution < 1.29 is 14.0 Å². The summed E-state index contributed by atoms with van der Waals surface area (Å²) in [6, 6.07) is 21.8. The van der Waals surface area contributed by atoms with Crippen molar-refractivity contribution in [3.63, 3.8) is 0 Å². The van der Waals surface area contributed by atoms with Gasteiger partial charge in [-0.3, -0.25) is 9.59 Å². The van der Waals surface area contributed by atoms with Crippen LogP contribution in [-0.2, 0) is 22.7 Å². The minimum absolute atomic E-state index is 0.166. The van der Waals surface area contributed by atoms with Crippen molar-refractivity contribution in [2.75, 3.05) is 0 Å². The van der Waals surface area contributed by atoms with Crippen molar-refractivity contribution in [1.82, 2.24) is 10.2 Å². The summed E-state index contributed by atoms with van der Waals surface area (Å²) in [7, 11) is 0. The number of nitrogens with one attached hydrogen (secondary N) is 1. The Kier molecular flexibility index (Phi) is 6.05. The highest BCUT2D eigenvalue weighted by atomic mass is 16.3. The van der Waals surface area contributed by atoms with Crippen LogP contribution in [0.2, 0.25) is 0 Å². The number of hydrogen-bond donors (Lipinski definition) is 1. The summed E-state index contributed by atoms with van der Waals surface area (Å²) in [5, 5.41) is 2.88. The van der Waals surface area contributed by atoms with Crippen LogP contribution < -0.4 is 5.32 Å². The molecule has 0 aliphatic rings. The van der Waals surface area contributed by atoms with Gasteiger partial charge in [-0.1, -0.05) is 60.7 Å². The number of carbonyl (C=O) groups excluding carboxylic acids is 2. The molecular formula is C22H22N2O3. The first kappa shape index (κ1) is 18.5. The first-order chi connectivity index (χ1) is 13.1. The minimum Gasteiger partial charge on any atom is -0.467 e. The Morgan fingerprint density at radius 2 is 1.63 bits per heavy atom. The average Bonchev–Trinajstić information content (AvgIpc) is 3.21. The van der Waals surface area contributed by atoms with Crippen LogP contribution in [0.15, 0.2) is 83.5 Å². The van der Waals surface area contributed by atoms with E-state index in [9.17, 15) is 9.59 Å². The molecule has 3 aromatic rings. The third-order valence-electron chi connectivity index (χ3n) is 4.29. The molecule has 0 aliphatic heterocycles. The van der Waals surface area contributed by atoms with Gasteiger partial charge in [-0.25, -0.2) is 0 Å². The maximum atomic E-state index is 13.0. The van der Waals surface area contributed by atoms with Gasteiger partial charge in [-0.15, -0.1) is 0 Å². The topological polar surface area (TPSA) is 62.6 Å². The highest BCUT2D eigenvalue weighted by Gasteiger charge is 2.29. The van der Waals surface area contributed by atoms with E-state index in [2.05, 4.69) is 5.32 Å². The van der Waals surface area contributed by atoms with Crippen molar-refractivity contribution >= 4 is 11.8 Å². The van der Waals surface area contributed by atoms with Crippen LogP contribution in [0.25, 0.3) is 0 Å². The smallest absolute Gasteiger partial charge is 0.247 e. The van der Waals surface area contributed by atoms with Gasteiger partial charge in [0.25, 0.3) is 0 Å². The van der Waals surface area contributed by atoms with Crippen LogP contribution in [0, 0.1) is 0 Å². The second kappa shape index (κ2) is 8.85. The molecule has 0 fully saturated rings. The molecule has 1 N–H and O–H groups in total. The molecule has 138 valence electrons. The van der Waals surface area contributed by atoms with Crippen LogP contribution in [0.5, 0.6) is 0 Å². The lowest BCUT2D eigenvalue weighted by atomic mass is 10.0. The summed E-state index contributed by atoms with van der Waals surface area (Å²) >= 11 is 0. The number of rotatable bonds is 7. The number of furan rings is 1. The first-order valence-corrected chi connectivity index (χ1v) is 8.81. The molecule has 1 aromatic heterocycles. The van der Waals surface area contributed by atoms with E-state index in [1.165, 1.54) is 6.92 Å². The average molecular weight is 362 g/mol. The monoisotopic (exact) mass is 362 g/mol. The van der Waals surface area contributed by atoms with E-state index in [1.54, 1.807) is 23.3 Å². The fourth-order valence-corrected chi connectivity index (χ4v) is 2.96. The zero-order chi connectivity index (χ0) is 19.1. The number of hydrogen-bond acceptors (Lipinski definition) is 3. The third kappa shape index (κ3) is 4.85. The first-order valence-electron chi connectivity index (χ1n) is 8.81. The van der Waals surface area contributed by atoms with Gasteiger partial charge in [0, 0.05) is 13.5 Å². The van der Waals surface area contributed by atoms with E-state index in [-0.39, 0.29) is 18.4 Å². The molecule has 0 bridgehead atoms. The largest absolute Gasteiger partial charge is 0.467 e. The molecule has 27 heavy (non-hydrogen) atoms. The van der Waals surface area contributed by atoms with Crippen LogP contribution in [-0.4, -0.2) is 16.7 Å². The highest BCUT2D eigenvalue weighted by Crippen LogP contribution is 2.24. The zero-order valence-electron chi connectivity index (χ0n) is 15.2. The summed E-state index contributed by atoms with van der Waals surface area (Å²) in [4.78, 5) is 27.0. The molecule has 1 heterocycles. The lowest BCUT2D eigenvalue weighted by Gasteiger charge is -2.30. The Morgan fingerprint density at radius 1 is 0.963 bits per heavy atom. The van der Waals surface area contributed by atoms with Gasteiger partial charge in [-0.05, 0) is 23.3 Å². The van der Waals surface area contributed by atoms with Crippen LogP contribution in [0.3, 0.4) is 0 Å². The summed E-state index contributed by atoms with van der Waals surface area (Å²) in [5.74, 6) is 0.247. The lowest BCUT2D eigenvalue weighted by molar-refractivity contribution is -0.140. The molecule has 0 aliphatic carbocycles. The van der Waals surface area contributed by atoms with Crippen molar-refractivity contribution in [3.05, 3.63) is 95.9 Å². The van der Waals surface area contributed by atoms with E-state index in [1.807, 2.05) is 60.7 Å². The van der Waals surface area contributed by atoms with Crippen LogP contribution in [0.4, 0.5) is 0 Å². The molecule has 2 amide bonds. The lowest BCUT2D eigenvalue weighted by Crippen LogP contribution is -2.42. The van der Waals surface area contributed by atoms with Crippen molar-refractivity contribution in [2.45, 2.75) is 26.1 Å². The fourth-order valence-electron chi connectivity index (χ4n) is 2.96. The molecule has 0 saturated carbocycles. The molecule has 5 nitrogen and oxygen atoms in total. The SMILES string of the molecule is CC(=O)N(Cc1ccccc1)[C@@H](C(=O)NCc1ccco1)c1ccccc1. The van der Waals surface area contributed by atoms with Gasteiger partial charge in [0.2, 0.25) is 11.8 Å². The van der Waals surface area contributed by atoms with Gasteiger partial charge in [0.15, 0.2) is 0 Å². The molecule has 3 rings (SSSR count). The number of amides is 2.